The minimum Gasteiger partial charge on any atom is -0.396 e. The highest BCUT2D eigenvalue weighted by molar-refractivity contribution is 6.01. The summed E-state index contributed by atoms with van der Waals surface area (Å²) in [7, 11) is 0. The van der Waals surface area contributed by atoms with E-state index in [1.807, 2.05) is 0 Å². The topological polar surface area (TPSA) is 65.1 Å². The molecule has 0 aliphatic carbocycles. The number of carbonyl (C=O) groups is 1. The maximum atomic E-state index is 13.7. The number of rotatable bonds is 3. The van der Waals surface area contributed by atoms with Crippen LogP contribution in [-0.2, 0) is 11.2 Å². The summed E-state index contributed by atoms with van der Waals surface area (Å²) in [5, 5.41) is 12.1. The van der Waals surface area contributed by atoms with Gasteiger partial charge in [-0.1, -0.05) is 0 Å². The van der Waals surface area contributed by atoms with Gasteiger partial charge in [-0.2, -0.15) is 0 Å². The van der Waals surface area contributed by atoms with Crippen LogP contribution in [0, 0.1) is 5.82 Å². The van der Waals surface area contributed by atoms with Crippen LogP contribution in [0.3, 0.4) is 0 Å². The van der Waals surface area contributed by atoms with Crippen molar-refractivity contribution in [2.75, 3.05) is 11.9 Å². The fourth-order valence-corrected chi connectivity index (χ4v) is 1.81. The van der Waals surface area contributed by atoms with Gasteiger partial charge >= 0.3 is 0 Å². The summed E-state index contributed by atoms with van der Waals surface area (Å²) < 4.78 is 13.7. The monoisotopic (exact) mass is 236 g/mol. The SMILES string of the molecule is CC(=O)Nc1c[nH]c2c(F)cc(CCO)cc12. The van der Waals surface area contributed by atoms with Crippen molar-refractivity contribution in [1.82, 2.24) is 4.98 Å². The number of anilines is 1. The molecule has 1 heterocycles. The number of benzene rings is 1. The van der Waals surface area contributed by atoms with Crippen molar-refractivity contribution in [3.05, 3.63) is 29.7 Å². The third kappa shape index (κ3) is 2.29. The molecule has 2 rings (SSSR count). The number of H-pyrrole nitrogens is 1. The number of nitrogens with one attached hydrogen (secondary N) is 2. The molecule has 3 N–H and O–H groups in total. The zero-order valence-electron chi connectivity index (χ0n) is 9.38. The number of carbonyl (C=O) groups excluding carboxylic acids is 1. The molecular formula is C12H13FN2O2. The van der Waals surface area contributed by atoms with Crippen LogP contribution in [0.25, 0.3) is 10.9 Å². The van der Waals surface area contributed by atoms with E-state index in [9.17, 15) is 9.18 Å². The van der Waals surface area contributed by atoms with Gasteiger partial charge in [0.15, 0.2) is 0 Å². The molecule has 0 aliphatic rings. The average molecular weight is 236 g/mol. The van der Waals surface area contributed by atoms with Crippen molar-refractivity contribution >= 4 is 22.5 Å². The fourth-order valence-electron chi connectivity index (χ4n) is 1.81. The molecule has 17 heavy (non-hydrogen) atoms. The Morgan fingerprint density at radius 1 is 1.53 bits per heavy atom. The Morgan fingerprint density at radius 2 is 2.29 bits per heavy atom. The first-order valence-corrected chi connectivity index (χ1v) is 5.29. The van der Waals surface area contributed by atoms with Gasteiger partial charge < -0.3 is 15.4 Å². The van der Waals surface area contributed by atoms with Crippen molar-refractivity contribution in [1.29, 1.82) is 0 Å². The van der Waals surface area contributed by atoms with Gasteiger partial charge in [0.05, 0.1) is 11.2 Å². The van der Waals surface area contributed by atoms with Gasteiger partial charge in [0.2, 0.25) is 5.91 Å². The zero-order valence-corrected chi connectivity index (χ0v) is 9.38. The summed E-state index contributed by atoms with van der Waals surface area (Å²) in [6.07, 6.45) is 1.94. The van der Waals surface area contributed by atoms with Crippen LogP contribution < -0.4 is 5.32 Å². The molecule has 0 spiro atoms. The second-order valence-electron chi connectivity index (χ2n) is 3.86. The number of aromatic nitrogens is 1. The van der Waals surface area contributed by atoms with Crippen LogP contribution in [0.5, 0.6) is 0 Å². The Morgan fingerprint density at radius 3 is 2.94 bits per heavy atom. The summed E-state index contributed by atoms with van der Waals surface area (Å²) in [5.41, 5.74) is 1.60. The standard InChI is InChI=1S/C12H13FN2O2/c1-7(17)15-11-6-14-12-9(11)4-8(2-3-16)5-10(12)13/h4-6,14,16H,2-3H2,1H3,(H,15,17). The van der Waals surface area contributed by atoms with Gasteiger partial charge in [0.25, 0.3) is 0 Å². The maximum absolute atomic E-state index is 13.7. The molecular weight excluding hydrogens is 223 g/mol. The molecule has 0 aliphatic heterocycles. The maximum Gasteiger partial charge on any atom is 0.221 e. The van der Waals surface area contributed by atoms with E-state index in [0.29, 0.717) is 28.6 Å². The number of hydrogen-bond acceptors (Lipinski definition) is 2. The molecule has 0 radical (unpaired) electrons. The number of aromatic amines is 1. The predicted molar refractivity (Wildman–Crippen MR) is 63.4 cm³/mol. The highest BCUT2D eigenvalue weighted by Gasteiger charge is 2.10. The Bertz CT molecular complexity index is 563. The van der Waals surface area contributed by atoms with E-state index in [0.717, 1.165) is 0 Å². The van der Waals surface area contributed by atoms with Gasteiger partial charge in [-0.15, -0.1) is 0 Å². The van der Waals surface area contributed by atoms with Crippen molar-refractivity contribution < 1.29 is 14.3 Å². The van der Waals surface area contributed by atoms with Crippen LogP contribution in [0.15, 0.2) is 18.3 Å². The molecule has 2 aromatic rings. The molecule has 1 amide bonds. The Kier molecular flexibility index (Phi) is 3.10. The molecule has 1 aromatic carbocycles. The lowest BCUT2D eigenvalue weighted by molar-refractivity contribution is -0.114. The predicted octanol–water partition coefficient (Wildman–Crippen LogP) is 1.80. The fraction of sp³-hybridized carbons (Fsp3) is 0.250. The second kappa shape index (κ2) is 4.55. The first-order valence-electron chi connectivity index (χ1n) is 5.29. The lowest BCUT2D eigenvalue weighted by atomic mass is 10.1. The number of aliphatic hydroxyl groups excluding tert-OH is 1. The normalized spacial score (nSPS) is 10.8. The van der Waals surface area contributed by atoms with Crippen LogP contribution >= 0.6 is 0 Å². The van der Waals surface area contributed by atoms with E-state index in [4.69, 9.17) is 5.11 Å². The van der Waals surface area contributed by atoms with Gasteiger partial charge in [-0.3, -0.25) is 4.79 Å². The van der Waals surface area contributed by atoms with Crippen LogP contribution in [-0.4, -0.2) is 22.6 Å². The van der Waals surface area contributed by atoms with Gasteiger partial charge in [0.1, 0.15) is 5.82 Å². The second-order valence-corrected chi connectivity index (χ2v) is 3.86. The molecule has 1 aromatic heterocycles. The zero-order chi connectivity index (χ0) is 12.4. The van der Waals surface area contributed by atoms with E-state index in [1.165, 1.54) is 13.0 Å². The highest BCUT2D eigenvalue weighted by atomic mass is 19.1. The number of aliphatic hydroxyl groups is 1. The summed E-state index contributed by atoms with van der Waals surface area (Å²) in [4.78, 5) is 13.8. The molecule has 0 unspecified atom stereocenters. The Labute approximate surface area is 97.5 Å². The third-order valence-corrected chi connectivity index (χ3v) is 2.51. The van der Waals surface area contributed by atoms with E-state index in [1.54, 1.807) is 12.3 Å². The quantitative estimate of drug-likeness (QED) is 0.760. The Balaban J connectivity index is 2.53. The number of hydrogen-bond donors (Lipinski definition) is 3. The van der Waals surface area contributed by atoms with Gasteiger partial charge in [-0.25, -0.2) is 4.39 Å². The lowest BCUT2D eigenvalue weighted by Gasteiger charge is -2.03. The van der Waals surface area contributed by atoms with Gasteiger partial charge in [0, 0.05) is 25.1 Å². The highest BCUT2D eigenvalue weighted by Crippen LogP contribution is 2.26. The van der Waals surface area contributed by atoms with E-state index < -0.39 is 0 Å². The molecule has 4 nitrogen and oxygen atoms in total. The molecule has 0 bridgehead atoms. The van der Waals surface area contributed by atoms with Crippen LogP contribution in [0.1, 0.15) is 12.5 Å². The van der Waals surface area contributed by atoms with Crippen LogP contribution in [0.4, 0.5) is 10.1 Å². The smallest absolute Gasteiger partial charge is 0.221 e. The van der Waals surface area contributed by atoms with E-state index >= 15 is 0 Å². The first kappa shape index (κ1) is 11.6. The van der Waals surface area contributed by atoms with Crippen molar-refractivity contribution in [3.8, 4) is 0 Å². The molecule has 0 fully saturated rings. The summed E-state index contributed by atoms with van der Waals surface area (Å²) in [6, 6.07) is 3.14. The summed E-state index contributed by atoms with van der Waals surface area (Å²) in [5.74, 6) is -0.596. The molecule has 90 valence electrons. The van der Waals surface area contributed by atoms with Gasteiger partial charge in [-0.05, 0) is 24.1 Å². The van der Waals surface area contributed by atoms with Crippen molar-refractivity contribution in [3.63, 3.8) is 0 Å². The third-order valence-electron chi connectivity index (χ3n) is 2.51. The Hall–Kier alpha value is -1.88. The van der Waals surface area contributed by atoms with E-state index in [-0.39, 0.29) is 18.3 Å². The van der Waals surface area contributed by atoms with Crippen LogP contribution in [0.2, 0.25) is 0 Å². The number of amides is 1. The molecule has 5 heteroatoms. The molecule has 0 atom stereocenters. The first-order chi connectivity index (χ1) is 8.11. The largest absolute Gasteiger partial charge is 0.396 e. The minimum atomic E-state index is -0.387. The molecule has 0 saturated carbocycles. The summed E-state index contributed by atoms with van der Waals surface area (Å²) in [6.45, 7) is 1.36. The number of fused-ring (bicyclic) bond motifs is 1. The lowest BCUT2D eigenvalue weighted by Crippen LogP contribution is -2.05. The average Bonchev–Trinajstić information content (AvgIpc) is 2.62. The number of halogens is 1. The summed E-state index contributed by atoms with van der Waals surface area (Å²) >= 11 is 0. The van der Waals surface area contributed by atoms with Crippen molar-refractivity contribution in [2.24, 2.45) is 0 Å². The van der Waals surface area contributed by atoms with E-state index in [2.05, 4.69) is 10.3 Å². The minimum absolute atomic E-state index is 0.0369. The van der Waals surface area contributed by atoms with Crippen molar-refractivity contribution in [2.45, 2.75) is 13.3 Å². The molecule has 0 saturated heterocycles.